The van der Waals surface area contributed by atoms with Crippen molar-refractivity contribution in [3.63, 3.8) is 0 Å². The summed E-state index contributed by atoms with van der Waals surface area (Å²) in [5.41, 5.74) is 0. The van der Waals surface area contributed by atoms with Crippen LogP contribution in [0.4, 0.5) is 0 Å². The highest BCUT2D eigenvalue weighted by molar-refractivity contribution is 4.30. The third kappa shape index (κ3) is 12.9. The van der Waals surface area contributed by atoms with Crippen molar-refractivity contribution in [2.45, 2.75) is 7.43 Å². The summed E-state index contributed by atoms with van der Waals surface area (Å²) in [4.78, 5) is 0. The Morgan fingerprint density at radius 2 is 1.09 bits per heavy atom. The van der Waals surface area contributed by atoms with Crippen molar-refractivity contribution < 1.29 is 19.7 Å². The number of rotatable bonds is 7. The van der Waals surface area contributed by atoms with Gasteiger partial charge in [0.25, 0.3) is 0 Å². The van der Waals surface area contributed by atoms with Gasteiger partial charge in [-0.2, -0.15) is 0 Å². The van der Waals surface area contributed by atoms with Crippen molar-refractivity contribution in [3.05, 3.63) is 0 Å². The first-order chi connectivity index (χ1) is 4.91. The molecule has 0 aromatic rings. The van der Waals surface area contributed by atoms with E-state index >= 15 is 0 Å². The molecule has 0 aliphatic rings. The van der Waals surface area contributed by atoms with Gasteiger partial charge in [0.05, 0.1) is 39.6 Å². The fraction of sp³-hybridized carbons (Fsp3) is 1.00. The van der Waals surface area contributed by atoms with Gasteiger partial charge in [-0.1, -0.05) is 7.43 Å². The fourth-order valence-corrected chi connectivity index (χ4v) is 0.451. The Labute approximate surface area is 67.8 Å². The molecule has 0 atom stereocenters. The average molecular weight is 166 g/mol. The van der Waals surface area contributed by atoms with E-state index in [0.29, 0.717) is 26.4 Å². The highest BCUT2D eigenvalue weighted by atomic mass is 16.5. The van der Waals surface area contributed by atoms with E-state index in [2.05, 4.69) is 0 Å². The molecule has 11 heavy (non-hydrogen) atoms. The van der Waals surface area contributed by atoms with Gasteiger partial charge in [0.2, 0.25) is 0 Å². The lowest BCUT2D eigenvalue weighted by Crippen LogP contribution is -2.09. The summed E-state index contributed by atoms with van der Waals surface area (Å²) in [6, 6.07) is 0. The van der Waals surface area contributed by atoms with E-state index in [-0.39, 0.29) is 20.6 Å². The second-order valence-corrected chi connectivity index (χ2v) is 1.67. The Bertz CT molecular complexity index is 50.4. The van der Waals surface area contributed by atoms with Gasteiger partial charge in [0, 0.05) is 0 Å². The van der Waals surface area contributed by atoms with Gasteiger partial charge in [-0.25, -0.2) is 0 Å². The smallest absolute Gasteiger partial charge is 0.0701 e. The van der Waals surface area contributed by atoms with Crippen LogP contribution in [0.2, 0.25) is 0 Å². The van der Waals surface area contributed by atoms with Crippen LogP contribution >= 0.6 is 0 Å². The third-order valence-corrected chi connectivity index (χ3v) is 0.843. The summed E-state index contributed by atoms with van der Waals surface area (Å²) < 4.78 is 9.75. The Kier molecular flexibility index (Phi) is 15.3. The maximum absolute atomic E-state index is 8.26. The number of hydrogen-bond acceptors (Lipinski definition) is 4. The van der Waals surface area contributed by atoms with Crippen molar-refractivity contribution >= 4 is 0 Å². The zero-order chi connectivity index (χ0) is 7.66. The van der Waals surface area contributed by atoms with Gasteiger partial charge in [-0.05, 0) is 0 Å². The highest BCUT2D eigenvalue weighted by Crippen LogP contribution is 1.76. The third-order valence-electron chi connectivity index (χ3n) is 0.843. The first kappa shape index (κ1) is 13.4. The van der Waals surface area contributed by atoms with Crippen molar-refractivity contribution in [3.8, 4) is 0 Å². The molecule has 0 heterocycles. The Balaban J connectivity index is 0. The summed E-state index contributed by atoms with van der Waals surface area (Å²) in [7, 11) is 0. The van der Waals surface area contributed by atoms with E-state index in [0.717, 1.165) is 0 Å². The summed E-state index contributed by atoms with van der Waals surface area (Å²) in [6.07, 6.45) is 0. The molecule has 0 bridgehead atoms. The molecule has 4 nitrogen and oxygen atoms in total. The molecule has 0 spiro atoms. The predicted molar refractivity (Wildman–Crippen MR) is 42.5 cm³/mol. The molecule has 0 fully saturated rings. The predicted octanol–water partition coefficient (Wildman–Crippen LogP) is -0.360. The maximum Gasteiger partial charge on any atom is 0.0701 e. The molecule has 70 valence electrons. The Morgan fingerprint density at radius 3 is 1.36 bits per heavy atom. The highest BCUT2D eigenvalue weighted by Gasteiger charge is 1.86. The van der Waals surface area contributed by atoms with Crippen LogP contribution in [0.5, 0.6) is 0 Å². The number of aliphatic hydroxyl groups is 2. The van der Waals surface area contributed by atoms with E-state index in [9.17, 15) is 0 Å². The zero-order valence-electron chi connectivity index (χ0n) is 5.95. The van der Waals surface area contributed by atoms with Crippen LogP contribution in [-0.2, 0) is 9.47 Å². The van der Waals surface area contributed by atoms with E-state index in [1.165, 1.54) is 0 Å². The maximum atomic E-state index is 8.26. The van der Waals surface area contributed by atoms with Gasteiger partial charge in [-0.15, -0.1) is 0 Å². The largest absolute Gasteiger partial charge is 0.394 e. The van der Waals surface area contributed by atoms with Crippen LogP contribution in [0.15, 0.2) is 0 Å². The molecule has 0 amide bonds. The van der Waals surface area contributed by atoms with Gasteiger partial charge in [0.15, 0.2) is 0 Å². The summed E-state index contributed by atoms with van der Waals surface area (Å²) >= 11 is 0. The van der Waals surface area contributed by atoms with Crippen LogP contribution in [-0.4, -0.2) is 49.9 Å². The first-order valence-electron chi connectivity index (χ1n) is 3.29. The molecule has 0 aliphatic heterocycles. The quantitative estimate of drug-likeness (QED) is 0.507. The van der Waals surface area contributed by atoms with Gasteiger partial charge in [-0.3, -0.25) is 0 Å². The monoisotopic (exact) mass is 166 g/mol. The van der Waals surface area contributed by atoms with E-state index in [1.807, 2.05) is 0 Å². The fourth-order valence-electron chi connectivity index (χ4n) is 0.451. The Hall–Kier alpha value is -0.160. The molecular weight excluding hydrogens is 148 g/mol. The van der Waals surface area contributed by atoms with Gasteiger partial charge < -0.3 is 19.7 Å². The van der Waals surface area contributed by atoms with Crippen LogP contribution in [0.1, 0.15) is 7.43 Å². The number of ether oxygens (including phenoxy) is 2. The average Bonchev–Trinajstić information content (AvgIpc) is 1.97. The topological polar surface area (TPSA) is 58.9 Å². The summed E-state index contributed by atoms with van der Waals surface area (Å²) in [6.45, 7) is 1.73. The van der Waals surface area contributed by atoms with E-state index < -0.39 is 0 Å². The minimum atomic E-state index is 0. The lowest BCUT2D eigenvalue weighted by molar-refractivity contribution is 0.0222. The molecule has 0 saturated carbocycles. The first-order valence-corrected chi connectivity index (χ1v) is 3.29. The molecule has 0 saturated heterocycles. The molecule has 2 N–H and O–H groups in total. The lowest BCUT2D eigenvalue weighted by atomic mass is 10.7. The number of aliphatic hydroxyl groups excluding tert-OH is 2. The summed E-state index contributed by atoms with van der Waals surface area (Å²) in [5.74, 6) is 0. The van der Waals surface area contributed by atoms with Gasteiger partial charge >= 0.3 is 0 Å². The van der Waals surface area contributed by atoms with Crippen molar-refractivity contribution in [2.24, 2.45) is 0 Å². The number of hydrogen-bond donors (Lipinski definition) is 2. The van der Waals surface area contributed by atoms with Crippen molar-refractivity contribution in [1.82, 2.24) is 0 Å². The minimum absolute atomic E-state index is 0. The van der Waals surface area contributed by atoms with Crippen LogP contribution in [0.25, 0.3) is 0 Å². The molecule has 0 unspecified atom stereocenters. The minimum Gasteiger partial charge on any atom is -0.394 e. The SMILES string of the molecule is C.OCCOCCOCCO. The molecule has 0 aromatic carbocycles. The molecule has 0 rings (SSSR count). The van der Waals surface area contributed by atoms with E-state index in [4.69, 9.17) is 19.7 Å². The standard InChI is InChI=1S/C6H14O4.CH4/c7-1-3-9-5-6-10-4-2-8;/h7-8H,1-6H2;1H4. The zero-order valence-corrected chi connectivity index (χ0v) is 5.95. The van der Waals surface area contributed by atoms with Crippen LogP contribution in [0.3, 0.4) is 0 Å². The lowest BCUT2D eigenvalue weighted by Gasteiger charge is -2.01. The summed E-state index contributed by atoms with van der Waals surface area (Å²) in [5, 5.41) is 16.5. The second-order valence-electron chi connectivity index (χ2n) is 1.67. The normalized spacial score (nSPS) is 9.27. The molecule has 4 heteroatoms. The van der Waals surface area contributed by atoms with Crippen LogP contribution < -0.4 is 0 Å². The van der Waals surface area contributed by atoms with Gasteiger partial charge in [0.1, 0.15) is 0 Å². The molecular formula is C7H18O4. The molecule has 0 radical (unpaired) electrons. The molecule has 0 aliphatic carbocycles. The molecule has 0 aromatic heterocycles. The van der Waals surface area contributed by atoms with E-state index in [1.54, 1.807) is 0 Å². The Morgan fingerprint density at radius 1 is 0.727 bits per heavy atom. The second kappa shape index (κ2) is 12.5. The van der Waals surface area contributed by atoms with Crippen LogP contribution in [0, 0.1) is 0 Å². The van der Waals surface area contributed by atoms with Crippen molar-refractivity contribution in [1.29, 1.82) is 0 Å². The van der Waals surface area contributed by atoms with Crippen molar-refractivity contribution in [2.75, 3.05) is 39.6 Å².